The molecule has 2 heterocycles. The Labute approximate surface area is 209 Å². The van der Waals surface area contributed by atoms with Gasteiger partial charge in [-0.1, -0.05) is 34.8 Å². The van der Waals surface area contributed by atoms with Crippen LogP contribution in [-0.4, -0.2) is 92.0 Å². The molecule has 3 rings (SSSR count). The zero-order chi connectivity index (χ0) is 23.3. The second-order valence-corrected chi connectivity index (χ2v) is 11.6. The molecule has 0 bridgehead atoms. The van der Waals surface area contributed by atoms with E-state index in [4.69, 9.17) is 51.1 Å². The first-order valence-electron chi connectivity index (χ1n) is 10.5. The SMILES string of the molecule is O=C(COc1cc(Cl)c(Cl)cc1Cl)N1CCN(S(=O)(=O)CCCCl)C[C@@H]1CN1CCCC1. The van der Waals surface area contributed by atoms with Crippen LogP contribution in [-0.2, 0) is 14.8 Å². The second-order valence-electron chi connectivity index (χ2n) is 7.95. The van der Waals surface area contributed by atoms with E-state index in [0.717, 1.165) is 25.9 Å². The number of benzene rings is 1. The Kier molecular flexibility index (Phi) is 9.62. The maximum Gasteiger partial charge on any atom is 0.260 e. The van der Waals surface area contributed by atoms with Crippen molar-refractivity contribution in [1.82, 2.24) is 14.1 Å². The molecular weight excluding hydrogens is 520 g/mol. The summed E-state index contributed by atoms with van der Waals surface area (Å²) in [5, 5.41) is 0.838. The van der Waals surface area contributed by atoms with Crippen LogP contribution < -0.4 is 4.74 Å². The number of ether oxygens (including phenoxy) is 1. The summed E-state index contributed by atoms with van der Waals surface area (Å²) in [7, 11) is -3.41. The van der Waals surface area contributed by atoms with Gasteiger partial charge in [-0.3, -0.25) is 4.79 Å². The maximum atomic E-state index is 13.0. The van der Waals surface area contributed by atoms with E-state index in [1.165, 1.54) is 16.4 Å². The number of amides is 1. The molecule has 2 fully saturated rings. The highest BCUT2D eigenvalue weighted by molar-refractivity contribution is 7.89. The van der Waals surface area contributed by atoms with Crippen molar-refractivity contribution in [3.05, 3.63) is 27.2 Å². The number of alkyl halides is 1. The summed E-state index contributed by atoms with van der Waals surface area (Å²) in [6, 6.07) is 2.68. The van der Waals surface area contributed by atoms with Crippen molar-refractivity contribution in [2.24, 2.45) is 0 Å². The number of hydrogen-bond donors (Lipinski definition) is 0. The van der Waals surface area contributed by atoms with Gasteiger partial charge in [0.25, 0.3) is 5.91 Å². The fourth-order valence-corrected chi connectivity index (χ4v) is 6.44. The highest BCUT2D eigenvalue weighted by Gasteiger charge is 2.36. The predicted molar refractivity (Wildman–Crippen MR) is 129 cm³/mol. The number of halogens is 4. The van der Waals surface area contributed by atoms with Gasteiger partial charge >= 0.3 is 0 Å². The molecule has 7 nitrogen and oxygen atoms in total. The molecule has 2 aliphatic heterocycles. The Bertz CT molecular complexity index is 912. The Balaban J connectivity index is 1.69. The van der Waals surface area contributed by atoms with Crippen molar-refractivity contribution in [1.29, 1.82) is 0 Å². The Hall–Kier alpha value is -0.480. The molecule has 2 aliphatic rings. The third-order valence-corrected chi connectivity index (χ3v) is 8.90. The standard InChI is InChI=1S/C20H27Cl4N3O4S/c21-4-3-9-32(29,30)26-7-8-27(15(13-26)12-25-5-1-2-6-25)20(28)14-31-19-11-17(23)16(22)10-18(19)24/h10-11,15H,1-9,12-14H2/t15-/m0/s1. The first-order chi connectivity index (χ1) is 15.2. The third kappa shape index (κ3) is 6.78. The molecule has 1 aromatic carbocycles. The van der Waals surface area contributed by atoms with Crippen molar-refractivity contribution in [3.63, 3.8) is 0 Å². The van der Waals surface area contributed by atoms with Gasteiger partial charge in [-0.25, -0.2) is 8.42 Å². The summed E-state index contributed by atoms with van der Waals surface area (Å²) < 4.78 is 32.5. The summed E-state index contributed by atoms with van der Waals surface area (Å²) in [6.07, 6.45) is 2.62. The van der Waals surface area contributed by atoms with Gasteiger partial charge in [0.05, 0.1) is 26.9 Å². The van der Waals surface area contributed by atoms with E-state index in [2.05, 4.69) is 4.90 Å². The number of nitrogens with zero attached hydrogens (tertiary/aromatic N) is 3. The quantitative estimate of drug-likeness (QED) is 0.349. The lowest BCUT2D eigenvalue weighted by Gasteiger charge is -2.42. The smallest absolute Gasteiger partial charge is 0.260 e. The Morgan fingerprint density at radius 1 is 1.03 bits per heavy atom. The molecule has 1 amide bonds. The normalized spacial score (nSPS) is 20.6. The number of carbonyl (C=O) groups is 1. The summed E-state index contributed by atoms with van der Waals surface area (Å²) >= 11 is 23.8. The lowest BCUT2D eigenvalue weighted by Crippen LogP contribution is -2.60. The molecule has 0 saturated carbocycles. The Morgan fingerprint density at radius 3 is 2.41 bits per heavy atom. The molecule has 180 valence electrons. The van der Waals surface area contributed by atoms with Gasteiger partial charge in [-0.15, -0.1) is 11.6 Å². The van der Waals surface area contributed by atoms with Gasteiger partial charge in [-0.2, -0.15) is 4.31 Å². The first kappa shape index (κ1) is 26.1. The molecule has 0 unspecified atom stereocenters. The molecule has 12 heteroatoms. The van der Waals surface area contributed by atoms with Gasteiger partial charge in [0.1, 0.15) is 5.75 Å². The molecule has 0 radical (unpaired) electrons. The summed E-state index contributed by atoms with van der Waals surface area (Å²) in [6.45, 7) is 3.12. The lowest BCUT2D eigenvalue weighted by atomic mass is 10.1. The molecule has 0 spiro atoms. The van der Waals surface area contributed by atoms with Crippen LogP contribution in [0.4, 0.5) is 0 Å². The minimum Gasteiger partial charge on any atom is -0.482 e. The molecule has 1 aromatic rings. The van der Waals surface area contributed by atoms with E-state index in [1.54, 1.807) is 4.90 Å². The van der Waals surface area contributed by atoms with Crippen molar-refractivity contribution in [3.8, 4) is 5.75 Å². The van der Waals surface area contributed by atoms with Crippen LogP contribution in [0.15, 0.2) is 12.1 Å². The van der Waals surface area contributed by atoms with Crippen molar-refractivity contribution < 1.29 is 17.9 Å². The van der Waals surface area contributed by atoms with Crippen LogP contribution >= 0.6 is 46.4 Å². The minimum atomic E-state index is -3.41. The number of sulfonamides is 1. The van der Waals surface area contributed by atoms with Crippen molar-refractivity contribution in [2.75, 3.05) is 57.5 Å². The molecule has 0 aromatic heterocycles. The van der Waals surface area contributed by atoms with Crippen LogP contribution in [0.1, 0.15) is 19.3 Å². The first-order valence-corrected chi connectivity index (χ1v) is 13.8. The van der Waals surface area contributed by atoms with Gasteiger partial charge in [0.15, 0.2) is 6.61 Å². The average Bonchev–Trinajstić information content (AvgIpc) is 3.26. The topological polar surface area (TPSA) is 70.2 Å². The van der Waals surface area contributed by atoms with Gasteiger partial charge in [0, 0.05) is 38.1 Å². The maximum absolute atomic E-state index is 13.0. The van der Waals surface area contributed by atoms with E-state index < -0.39 is 10.0 Å². The van der Waals surface area contributed by atoms with Crippen molar-refractivity contribution >= 4 is 62.3 Å². The molecule has 2 saturated heterocycles. The number of piperazine rings is 1. The minimum absolute atomic E-state index is 0.0137. The van der Waals surface area contributed by atoms with Crippen LogP contribution in [0.3, 0.4) is 0 Å². The zero-order valence-electron chi connectivity index (χ0n) is 17.6. The highest BCUT2D eigenvalue weighted by Crippen LogP contribution is 2.34. The number of hydrogen-bond acceptors (Lipinski definition) is 5. The highest BCUT2D eigenvalue weighted by atomic mass is 35.5. The average molecular weight is 547 g/mol. The zero-order valence-corrected chi connectivity index (χ0v) is 21.5. The third-order valence-electron chi connectivity index (χ3n) is 5.69. The summed E-state index contributed by atoms with van der Waals surface area (Å²) in [4.78, 5) is 17.0. The number of carbonyl (C=O) groups excluding carboxylic acids is 1. The number of rotatable bonds is 9. The second kappa shape index (κ2) is 11.8. The van der Waals surface area contributed by atoms with E-state index in [9.17, 15) is 13.2 Å². The molecule has 0 N–H and O–H groups in total. The van der Waals surface area contributed by atoms with E-state index >= 15 is 0 Å². The van der Waals surface area contributed by atoms with Crippen LogP contribution in [0, 0.1) is 0 Å². The van der Waals surface area contributed by atoms with Gasteiger partial charge < -0.3 is 14.5 Å². The summed E-state index contributed by atoms with van der Waals surface area (Å²) in [5.41, 5.74) is 0. The monoisotopic (exact) mass is 545 g/mol. The summed E-state index contributed by atoms with van der Waals surface area (Å²) in [5.74, 6) is 0.352. The number of likely N-dealkylation sites (tertiary alicyclic amines) is 1. The largest absolute Gasteiger partial charge is 0.482 e. The van der Waals surface area contributed by atoms with E-state index in [1.807, 2.05) is 0 Å². The molecular formula is C20H27Cl4N3O4S. The lowest BCUT2D eigenvalue weighted by molar-refractivity contribution is -0.138. The van der Waals surface area contributed by atoms with Crippen LogP contribution in [0.2, 0.25) is 15.1 Å². The van der Waals surface area contributed by atoms with Crippen LogP contribution in [0.25, 0.3) is 0 Å². The molecule has 1 atom stereocenters. The van der Waals surface area contributed by atoms with E-state index in [-0.39, 0.29) is 53.2 Å². The van der Waals surface area contributed by atoms with Gasteiger partial charge in [0.2, 0.25) is 10.0 Å². The fraction of sp³-hybridized carbons (Fsp3) is 0.650. The van der Waals surface area contributed by atoms with Crippen molar-refractivity contribution in [2.45, 2.75) is 25.3 Å². The fourth-order valence-electron chi connectivity index (χ4n) is 4.03. The molecule has 0 aliphatic carbocycles. The van der Waals surface area contributed by atoms with Crippen LogP contribution in [0.5, 0.6) is 5.75 Å². The Morgan fingerprint density at radius 2 is 1.72 bits per heavy atom. The van der Waals surface area contributed by atoms with E-state index in [0.29, 0.717) is 30.4 Å². The predicted octanol–water partition coefficient (Wildman–Crippen LogP) is 3.59. The van der Waals surface area contributed by atoms with Gasteiger partial charge in [-0.05, 0) is 38.4 Å². The molecule has 32 heavy (non-hydrogen) atoms.